The topological polar surface area (TPSA) is 48.5 Å². The van der Waals surface area contributed by atoms with E-state index in [4.69, 9.17) is 4.98 Å². The monoisotopic (exact) mass is 613 g/mol. The molecule has 3 aromatic heterocycles. The molecule has 0 N–H and O–H groups in total. The van der Waals surface area contributed by atoms with E-state index in [0.717, 1.165) is 61.0 Å². The van der Waals surface area contributed by atoms with Gasteiger partial charge in [-0.1, -0.05) is 109 Å². The van der Waals surface area contributed by atoms with Gasteiger partial charge in [0.25, 0.3) is 0 Å². The molecule has 5 nitrogen and oxygen atoms in total. The predicted molar refractivity (Wildman–Crippen MR) is 197 cm³/mol. The minimum absolute atomic E-state index is 0.665. The Morgan fingerprint density at radius 1 is 0.396 bits per heavy atom. The van der Waals surface area contributed by atoms with Crippen LogP contribution in [0.15, 0.2) is 164 Å². The number of nitrogens with zero attached hydrogens (tertiary/aromatic N) is 5. The zero-order chi connectivity index (χ0) is 31.6. The number of para-hydroxylation sites is 2. The van der Waals surface area contributed by atoms with E-state index in [-0.39, 0.29) is 0 Å². The summed E-state index contributed by atoms with van der Waals surface area (Å²) in [5.41, 5.74) is 8.69. The number of hydrogen-bond acceptors (Lipinski definition) is 3. The standard InChI is InChI=1S/C43H27N5/c1-2-14-31(15-3-1)47-41-36-20-7-5-17-33(36)32-16-4-6-19-35(32)40(41)46-42(47)30-13-10-12-28(26-30)29-22-23-39-37(27-29)34-18-8-9-21-38(34)48(39)43-44-24-11-25-45-43/h1-27H. The Hall–Kier alpha value is -6.59. The summed E-state index contributed by atoms with van der Waals surface area (Å²) < 4.78 is 4.47. The van der Waals surface area contributed by atoms with Gasteiger partial charge < -0.3 is 0 Å². The van der Waals surface area contributed by atoms with Gasteiger partial charge in [0.2, 0.25) is 5.95 Å². The van der Waals surface area contributed by atoms with Gasteiger partial charge in [-0.05, 0) is 64.4 Å². The van der Waals surface area contributed by atoms with Crippen molar-refractivity contribution >= 4 is 54.4 Å². The maximum atomic E-state index is 5.45. The summed E-state index contributed by atoms with van der Waals surface area (Å²) in [4.78, 5) is 14.6. The Labute approximate surface area is 276 Å². The van der Waals surface area contributed by atoms with E-state index in [2.05, 4.69) is 165 Å². The van der Waals surface area contributed by atoms with Crippen LogP contribution in [-0.4, -0.2) is 24.1 Å². The molecule has 0 radical (unpaired) electrons. The fourth-order valence-corrected chi connectivity index (χ4v) is 7.34. The number of rotatable bonds is 4. The molecule has 0 saturated carbocycles. The summed E-state index contributed by atoms with van der Waals surface area (Å²) in [6.07, 6.45) is 3.58. The molecular weight excluding hydrogens is 587 g/mol. The molecule has 10 aromatic rings. The molecule has 10 rings (SSSR count). The van der Waals surface area contributed by atoms with Gasteiger partial charge in [-0.25, -0.2) is 15.0 Å². The van der Waals surface area contributed by atoms with Gasteiger partial charge in [0.1, 0.15) is 5.82 Å². The Morgan fingerprint density at radius 3 is 1.83 bits per heavy atom. The lowest BCUT2D eigenvalue weighted by Gasteiger charge is -2.13. The van der Waals surface area contributed by atoms with Gasteiger partial charge in [-0.15, -0.1) is 0 Å². The van der Waals surface area contributed by atoms with Crippen molar-refractivity contribution in [1.82, 2.24) is 24.1 Å². The highest BCUT2D eigenvalue weighted by molar-refractivity contribution is 6.24. The highest BCUT2D eigenvalue weighted by Gasteiger charge is 2.21. The summed E-state index contributed by atoms with van der Waals surface area (Å²) in [6.45, 7) is 0. The van der Waals surface area contributed by atoms with Gasteiger partial charge in [-0.3, -0.25) is 9.13 Å². The molecule has 0 spiro atoms. The van der Waals surface area contributed by atoms with Crippen LogP contribution >= 0.6 is 0 Å². The first-order valence-corrected chi connectivity index (χ1v) is 16.1. The zero-order valence-electron chi connectivity index (χ0n) is 25.8. The third-order valence-electron chi connectivity index (χ3n) is 9.43. The van der Waals surface area contributed by atoms with Crippen molar-refractivity contribution in [3.8, 4) is 34.2 Å². The first-order valence-electron chi connectivity index (χ1n) is 16.1. The van der Waals surface area contributed by atoms with E-state index in [1.807, 2.05) is 6.07 Å². The summed E-state index contributed by atoms with van der Waals surface area (Å²) >= 11 is 0. The molecule has 224 valence electrons. The van der Waals surface area contributed by atoms with Crippen LogP contribution in [0.2, 0.25) is 0 Å². The lowest BCUT2D eigenvalue weighted by molar-refractivity contribution is 0.988. The molecule has 0 aliphatic heterocycles. The van der Waals surface area contributed by atoms with E-state index in [0.29, 0.717) is 5.95 Å². The molecule has 0 saturated heterocycles. The highest BCUT2D eigenvalue weighted by Crippen LogP contribution is 2.40. The SMILES string of the molecule is c1ccc(-n2c(-c3cccc(-c4ccc5c(c4)c4ccccc4n5-c4ncccn4)c3)nc3c4ccccc4c4ccccc4c32)cc1. The highest BCUT2D eigenvalue weighted by atomic mass is 15.1. The molecule has 0 aliphatic rings. The number of imidazole rings is 1. The largest absolute Gasteiger partial charge is 0.292 e. The van der Waals surface area contributed by atoms with Gasteiger partial charge in [0.05, 0.1) is 22.1 Å². The Balaban J connectivity index is 1.21. The second-order valence-corrected chi connectivity index (χ2v) is 12.1. The van der Waals surface area contributed by atoms with Crippen LogP contribution in [0.3, 0.4) is 0 Å². The third-order valence-corrected chi connectivity index (χ3v) is 9.43. The third kappa shape index (κ3) is 3.94. The first-order chi connectivity index (χ1) is 23.8. The summed E-state index contributed by atoms with van der Waals surface area (Å²) in [5.74, 6) is 1.58. The van der Waals surface area contributed by atoms with Crippen molar-refractivity contribution in [2.45, 2.75) is 0 Å². The van der Waals surface area contributed by atoms with E-state index in [1.165, 1.54) is 21.5 Å². The van der Waals surface area contributed by atoms with Gasteiger partial charge in [0, 0.05) is 45.2 Å². The normalized spacial score (nSPS) is 11.8. The minimum atomic E-state index is 0.665. The van der Waals surface area contributed by atoms with Crippen LogP contribution in [-0.2, 0) is 0 Å². The maximum absolute atomic E-state index is 5.45. The van der Waals surface area contributed by atoms with E-state index in [9.17, 15) is 0 Å². The number of aromatic nitrogens is 5. The van der Waals surface area contributed by atoms with Gasteiger partial charge in [0.15, 0.2) is 0 Å². The molecular formula is C43H27N5. The van der Waals surface area contributed by atoms with Crippen molar-refractivity contribution in [2.24, 2.45) is 0 Å². The van der Waals surface area contributed by atoms with E-state index < -0.39 is 0 Å². The fraction of sp³-hybridized carbons (Fsp3) is 0. The molecule has 0 amide bonds. The number of benzene rings is 7. The van der Waals surface area contributed by atoms with Gasteiger partial charge in [-0.2, -0.15) is 0 Å². The lowest BCUT2D eigenvalue weighted by Crippen LogP contribution is -1.99. The van der Waals surface area contributed by atoms with Crippen molar-refractivity contribution in [3.05, 3.63) is 164 Å². The fourth-order valence-electron chi connectivity index (χ4n) is 7.34. The molecule has 7 aromatic carbocycles. The Kier molecular flexibility index (Phi) is 5.81. The van der Waals surface area contributed by atoms with Crippen molar-refractivity contribution in [1.29, 1.82) is 0 Å². The Bertz CT molecular complexity index is 2830. The van der Waals surface area contributed by atoms with E-state index >= 15 is 0 Å². The minimum Gasteiger partial charge on any atom is -0.292 e. The smallest absolute Gasteiger partial charge is 0.234 e. The van der Waals surface area contributed by atoms with Crippen molar-refractivity contribution < 1.29 is 0 Å². The summed E-state index contributed by atoms with van der Waals surface area (Å²) in [6, 6.07) is 53.6. The second-order valence-electron chi connectivity index (χ2n) is 12.1. The quantitative estimate of drug-likeness (QED) is 0.186. The first kappa shape index (κ1) is 26.6. The molecule has 0 unspecified atom stereocenters. The average Bonchev–Trinajstić information content (AvgIpc) is 3.73. The van der Waals surface area contributed by atoms with Crippen molar-refractivity contribution in [3.63, 3.8) is 0 Å². The van der Waals surface area contributed by atoms with Crippen LogP contribution in [0.4, 0.5) is 0 Å². The summed E-state index contributed by atoms with van der Waals surface area (Å²) in [7, 11) is 0. The van der Waals surface area contributed by atoms with Crippen LogP contribution in [0.5, 0.6) is 0 Å². The predicted octanol–water partition coefficient (Wildman–Crippen LogP) is 10.6. The summed E-state index contributed by atoms with van der Waals surface area (Å²) in [5, 5.41) is 7.12. The molecule has 0 aliphatic carbocycles. The Morgan fingerprint density at radius 2 is 1.02 bits per heavy atom. The lowest BCUT2D eigenvalue weighted by atomic mass is 10.00. The van der Waals surface area contributed by atoms with Crippen LogP contribution in [0, 0.1) is 0 Å². The van der Waals surface area contributed by atoms with Crippen LogP contribution < -0.4 is 0 Å². The van der Waals surface area contributed by atoms with Crippen molar-refractivity contribution in [2.75, 3.05) is 0 Å². The van der Waals surface area contributed by atoms with Crippen LogP contribution in [0.25, 0.3) is 88.5 Å². The molecule has 0 fully saturated rings. The zero-order valence-corrected chi connectivity index (χ0v) is 25.8. The molecule has 0 bridgehead atoms. The maximum Gasteiger partial charge on any atom is 0.234 e. The average molecular weight is 614 g/mol. The van der Waals surface area contributed by atoms with E-state index in [1.54, 1.807) is 12.4 Å². The van der Waals surface area contributed by atoms with Crippen LogP contribution in [0.1, 0.15) is 0 Å². The second kappa shape index (κ2) is 10.5. The molecule has 48 heavy (non-hydrogen) atoms. The van der Waals surface area contributed by atoms with Gasteiger partial charge >= 0.3 is 0 Å². The molecule has 0 atom stereocenters. The molecule has 3 heterocycles. The number of fused-ring (bicyclic) bond motifs is 9. The molecule has 5 heteroatoms. The number of hydrogen-bond donors (Lipinski definition) is 0.